The Hall–Kier alpha value is -0.430. The second-order valence-corrected chi connectivity index (χ2v) is 6.02. The molecule has 2 unspecified atom stereocenters. The van der Waals surface area contributed by atoms with Gasteiger partial charge in [0.1, 0.15) is 12.2 Å². The molecule has 2 heterocycles. The van der Waals surface area contributed by atoms with Gasteiger partial charge in [-0.05, 0) is 36.3 Å². The Bertz CT molecular complexity index is 422. The van der Waals surface area contributed by atoms with Crippen LogP contribution >= 0.6 is 15.9 Å². The fourth-order valence-electron chi connectivity index (χ4n) is 2.42. The van der Waals surface area contributed by atoms with Gasteiger partial charge in [0.05, 0.1) is 23.0 Å². The van der Waals surface area contributed by atoms with E-state index in [1.54, 1.807) is 6.20 Å². The first kappa shape index (κ1) is 15.0. The van der Waals surface area contributed by atoms with Gasteiger partial charge in [0.25, 0.3) is 0 Å². The van der Waals surface area contributed by atoms with Crippen molar-refractivity contribution in [1.29, 1.82) is 0 Å². The zero-order chi connectivity index (χ0) is 14.0. The van der Waals surface area contributed by atoms with Crippen molar-refractivity contribution in [3.8, 4) is 0 Å². The number of morpholine rings is 1. The molecule has 1 aromatic heterocycles. The number of ether oxygens (including phenoxy) is 1. The standard InChI is InChI=1S/C13H22BrN3O2/c1-4-16-5-6-19-11(8-16)13(18)12-10(14)7-15-17(12)9(2)3/h7,9,11,13,18H,4-6,8H2,1-3H3. The molecule has 0 spiro atoms. The quantitative estimate of drug-likeness (QED) is 0.916. The van der Waals surface area contributed by atoms with E-state index in [1.165, 1.54) is 0 Å². The summed E-state index contributed by atoms with van der Waals surface area (Å²) in [4.78, 5) is 2.29. The minimum Gasteiger partial charge on any atom is -0.384 e. The fourth-order valence-corrected chi connectivity index (χ4v) is 2.93. The summed E-state index contributed by atoms with van der Waals surface area (Å²) in [5.74, 6) is 0. The summed E-state index contributed by atoms with van der Waals surface area (Å²) in [5.41, 5.74) is 0.804. The Morgan fingerprint density at radius 2 is 2.32 bits per heavy atom. The van der Waals surface area contributed by atoms with Crippen molar-refractivity contribution < 1.29 is 9.84 Å². The molecule has 0 saturated carbocycles. The van der Waals surface area contributed by atoms with Gasteiger partial charge in [0, 0.05) is 19.1 Å². The predicted molar refractivity (Wildman–Crippen MR) is 77.1 cm³/mol. The smallest absolute Gasteiger partial charge is 0.124 e. The first-order valence-corrected chi connectivity index (χ1v) is 7.58. The molecule has 5 nitrogen and oxygen atoms in total. The molecular formula is C13H22BrN3O2. The minimum atomic E-state index is -0.659. The largest absolute Gasteiger partial charge is 0.384 e. The Morgan fingerprint density at radius 1 is 1.58 bits per heavy atom. The number of nitrogens with zero attached hydrogens (tertiary/aromatic N) is 3. The fraction of sp³-hybridized carbons (Fsp3) is 0.769. The van der Waals surface area contributed by atoms with Gasteiger partial charge in [-0.25, -0.2) is 0 Å². The van der Waals surface area contributed by atoms with Gasteiger partial charge in [-0.1, -0.05) is 6.92 Å². The summed E-state index contributed by atoms with van der Waals surface area (Å²) in [6.45, 7) is 9.58. The van der Waals surface area contributed by atoms with E-state index in [0.717, 1.165) is 29.8 Å². The molecule has 1 aromatic rings. The van der Waals surface area contributed by atoms with Gasteiger partial charge in [0.2, 0.25) is 0 Å². The van der Waals surface area contributed by atoms with Gasteiger partial charge in [0.15, 0.2) is 0 Å². The number of hydrogen-bond acceptors (Lipinski definition) is 4. The van der Waals surface area contributed by atoms with Crippen LogP contribution in [0.5, 0.6) is 0 Å². The minimum absolute atomic E-state index is 0.195. The first-order valence-electron chi connectivity index (χ1n) is 6.79. The molecule has 1 N–H and O–H groups in total. The zero-order valence-corrected chi connectivity index (χ0v) is 13.3. The molecule has 1 aliphatic rings. The van der Waals surface area contributed by atoms with Gasteiger partial charge in [-0.15, -0.1) is 0 Å². The first-order chi connectivity index (χ1) is 9.04. The normalized spacial score (nSPS) is 22.9. The zero-order valence-electron chi connectivity index (χ0n) is 11.7. The number of likely N-dealkylation sites (N-methyl/N-ethyl adjacent to an activating group) is 1. The van der Waals surface area contributed by atoms with Crippen molar-refractivity contribution >= 4 is 15.9 Å². The van der Waals surface area contributed by atoms with Crippen LogP contribution in [0.15, 0.2) is 10.7 Å². The van der Waals surface area contributed by atoms with Crippen LogP contribution in [0.2, 0.25) is 0 Å². The second-order valence-electron chi connectivity index (χ2n) is 5.16. The molecule has 1 aliphatic heterocycles. The van der Waals surface area contributed by atoms with Crippen LogP contribution in [0.3, 0.4) is 0 Å². The highest BCUT2D eigenvalue weighted by atomic mass is 79.9. The Morgan fingerprint density at radius 3 is 2.95 bits per heavy atom. The number of halogens is 1. The van der Waals surface area contributed by atoms with E-state index in [-0.39, 0.29) is 12.1 Å². The topological polar surface area (TPSA) is 50.5 Å². The van der Waals surface area contributed by atoms with E-state index in [1.807, 2.05) is 4.68 Å². The molecule has 2 rings (SSSR count). The molecule has 19 heavy (non-hydrogen) atoms. The van der Waals surface area contributed by atoms with E-state index >= 15 is 0 Å². The van der Waals surface area contributed by atoms with Gasteiger partial charge in [-0.2, -0.15) is 5.10 Å². The third-order valence-corrected chi connectivity index (χ3v) is 4.14. The van der Waals surface area contributed by atoms with E-state index < -0.39 is 6.10 Å². The van der Waals surface area contributed by atoms with Crippen molar-refractivity contribution in [2.24, 2.45) is 0 Å². The van der Waals surface area contributed by atoms with Crippen LogP contribution < -0.4 is 0 Å². The number of aromatic nitrogens is 2. The summed E-state index contributed by atoms with van der Waals surface area (Å²) in [6, 6.07) is 0.210. The predicted octanol–water partition coefficient (Wildman–Crippen LogP) is 1.98. The lowest BCUT2D eigenvalue weighted by Gasteiger charge is -2.35. The van der Waals surface area contributed by atoms with E-state index in [0.29, 0.717) is 6.61 Å². The number of hydrogen-bond donors (Lipinski definition) is 1. The third-order valence-electron chi connectivity index (χ3n) is 3.53. The average molecular weight is 332 g/mol. The van der Waals surface area contributed by atoms with Crippen LogP contribution in [0.25, 0.3) is 0 Å². The molecule has 0 radical (unpaired) electrons. The maximum atomic E-state index is 10.6. The SMILES string of the molecule is CCN1CCOC(C(O)c2c(Br)cnn2C(C)C)C1. The molecular weight excluding hydrogens is 310 g/mol. The van der Waals surface area contributed by atoms with Crippen molar-refractivity contribution in [2.45, 2.75) is 39.0 Å². The maximum Gasteiger partial charge on any atom is 0.124 e. The molecule has 0 amide bonds. The highest BCUT2D eigenvalue weighted by molar-refractivity contribution is 9.10. The average Bonchev–Trinajstić information content (AvgIpc) is 2.80. The van der Waals surface area contributed by atoms with Gasteiger partial charge >= 0.3 is 0 Å². The van der Waals surface area contributed by atoms with Crippen LogP contribution in [-0.4, -0.2) is 52.1 Å². The van der Waals surface area contributed by atoms with Crippen LogP contribution in [0.1, 0.15) is 38.6 Å². The Labute approximate surface area is 122 Å². The molecule has 0 aliphatic carbocycles. The highest BCUT2D eigenvalue weighted by Crippen LogP contribution is 2.30. The molecule has 1 saturated heterocycles. The Kier molecular flexibility index (Phi) is 5.00. The highest BCUT2D eigenvalue weighted by Gasteiger charge is 2.31. The molecule has 2 atom stereocenters. The number of aliphatic hydroxyl groups excluding tert-OH is 1. The molecule has 1 fully saturated rings. The van der Waals surface area contributed by atoms with E-state index in [2.05, 4.69) is 46.7 Å². The van der Waals surface area contributed by atoms with Crippen LogP contribution in [0.4, 0.5) is 0 Å². The lowest BCUT2D eigenvalue weighted by atomic mass is 10.1. The number of rotatable bonds is 4. The second kappa shape index (κ2) is 6.35. The van der Waals surface area contributed by atoms with Crippen LogP contribution in [0, 0.1) is 0 Å². The summed E-state index contributed by atoms with van der Waals surface area (Å²) >= 11 is 3.47. The van der Waals surface area contributed by atoms with Crippen molar-refractivity contribution in [2.75, 3.05) is 26.2 Å². The summed E-state index contributed by atoms with van der Waals surface area (Å²) in [5, 5.41) is 14.9. The van der Waals surface area contributed by atoms with Crippen molar-refractivity contribution in [3.05, 3.63) is 16.4 Å². The maximum absolute atomic E-state index is 10.6. The van der Waals surface area contributed by atoms with Crippen molar-refractivity contribution in [1.82, 2.24) is 14.7 Å². The monoisotopic (exact) mass is 331 g/mol. The van der Waals surface area contributed by atoms with Crippen LogP contribution in [-0.2, 0) is 4.74 Å². The third kappa shape index (κ3) is 3.18. The van der Waals surface area contributed by atoms with Gasteiger partial charge < -0.3 is 9.84 Å². The lowest BCUT2D eigenvalue weighted by Crippen LogP contribution is -2.45. The summed E-state index contributed by atoms with van der Waals surface area (Å²) in [7, 11) is 0. The lowest BCUT2D eigenvalue weighted by molar-refractivity contribution is -0.0916. The summed E-state index contributed by atoms with van der Waals surface area (Å²) in [6.07, 6.45) is 0.881. The Balaban J connectivity index is 2.19. The van der Waals surface area contributed by atoms with Crippen molar-refractivity contribution in [3.63, 3.8) is 0 Å². The van der Waals surface area contributed by atoms with E-state index in [9.17, 15) is 5.11 Å². The number of aliphatic hydroxyl groups is 1. The molecule has 108 valence electrons. The van der Waals surface area contributed by atoms with E-state index in [4.69, 9.17) is 4.74 Å². The molecule has 0 bridgehead atoms. The molecule has 0 aromatic carbocycles. The summed E-state index contributed by atoms with van der Waals surface area (Å²) < 4.78 is 8.42. The van der Waals surface area contributed by atoms with Gasteiger partial charge in [-0.3, -0.25) is 9.58 Å². The molecule has 6 heteroatoms.